The van der Waals surface area contributed by atoms with Crippen molar-refractivity contribution in [3.05, 3.63) is 29.0 Å². The second kappa shape index (κ2) is 3.92. The molecule has 1 aliphatic rings. The highest BCUT2D eigenvalue weighted by atomic mass is 16.1. The van der Waals surface area contributed by atoms with Crippen LogP contribution in [0.3, 0.4) is 0 Å². The molecular weight excluding hydrogens is 226 g/mol. The monoisotopic (exact) mass is 243 g/mol. The topological polar surface area (TPSA) is 49.0 Å². The van der Waals surface area contributed by atoms with E-state index in [4.69, 9.17) is 0 Å². The first-order valence-corrected chi connectivity index (χ1v) is 6.24. The summed E-state index contributed by atoms with van der Waals surface area (Å²) in [5.41, 5.74) is 4.14. The van der Waals surface area contributed by atoms with Crippen LogP contribution in [0.2, 0.25) is 0 Å². The molecule has 0 spiro atoms. The van der Waals surface area contributed by atoms with E-state index >= 15 is 0 Å². The molecule has 0 saturated heterocycles. The molecule has 1 aromatic heterocycles. The van der Waals surface area contributed by atoms with Crippen LogP contribution in [0.25, 0.3) is 10.9 Å². The number of carbonyl (C=O) groups excluding carboxylic acids is 1. The first-order valence-electron chi connectivity index (χ1n) is 6.24. The molecule has 1 N–H and O–H groups in total. The third kappa shape index (κ3) is 1.56. The third-order valence-corrected chi connectivity index (χ3v) is 3.89. The number of aromatic nitrogens is 2. The zero-order valence-electron chi connectivity index (χ0n) is 10.9. The fourth-order valence-corrected chi connectivity index (χ4v) is 2.84. The molecule has 1 atom stereocenters. The normalized spacial score (nSPS) is 18.6. The van der Waals surface area contributed by atoms with Crippen molar-refractivity contribution < 1.29 is 4.79 Å². The molecule has 1 unspecified atom stereocenters. The van der Waals surface area contributed by atoms with Crippen LogP contribution in [-0.2, 0) is 12.8 Å². The summed E-state index contributed by atoms with van der Waals surface area (Å²) in [5, 5.41) is 8.63. The van der Waals surface area contributed by atoms with Crippen molar-refractivity contribution in [2.75, 3.05) is 14.1 Å². The molecule has 4 nitrogen and oxygen atoms in total. The van der Waals surface area contributed by atoms with Gasteiger partial charge in [-0.15, -0.1) is 0 Å². The Labute approximate surface area is 106 Å². The molecule has 4 heteroatoms. The highest BCUT2D eigenvalue weighted by Gasteiger charge is 2.27. The van der Waals surface area contributed by atoms with Crippen LogP contribution in [0.1, 0.15) is 28.5 Å². The minimum absolute atomic E-state index is 0.137. The van der Waals surface area contributed by atoms with Gasteiger partial charge in [0.25, 0.3) is 0 Å². The number of carbonyl (C=O) groups is 1. The summed E-state index contributed by atoms with van der Waals surface area (Å²) in [6.45, 7) is 1.64. The maximum atomic E-state index is 11.8. The van der Waals surface area contributed by atoms with Gasteiger partial charge in [0, 0.05) is 23.4 Å². The second-order valence-corrected chi connectivity index (χ2v) is 5.27. The molecule has 1 aromatic carbocycles. The van der Waals surface area contributed by atoms with E-state index in [0.29, 0.717) is 6.04 Å². The van der Waals surface area contributed by atoms with Gasteiger partial charge in [-0.2, -0.15) is 5.10 Å². The number of ketones is 1. The van der Waals surface area contributed by atoms with Crippen molar-refractivity contribution in [2.24, 2.45) is 0 Å². The van der Waals surface area contributed by atoms with Crippen LogP contribution in [0.4, 0.5) is 0 Å². The molecule has 1 heterocycles. The molecule has 3 rings (SSSR count). The molecule has 0 bridgehead atoms. The Morgan fingerprint density at radius 2 is 2.17 bits per heavy atom. The summed E-state index contributed by atoms with van der Waals surface area (Å²) in [5.74, 6) is 0.137. The smallest absolute Gasteiger partial charge is 0.160 e. The fourth-order valence-electron chi connectivity index (χ4n) is 2.84. The maximum absolute atomic E-state index is 11.8. The summed E-state index contributed by atoms with van der Waals surface area (Å²) in [7, 11) is 4.16. The summed E-state index contributed by atoms with van der Waals surface area (Å²) in [6, 6.07) is 4.30. The van der Waals surface area contributed by atoms with E-state index in [-0.39, 0.29) is 5.78 Å². The first-order chi connectivity index (χ1) is 8.58. The minimum Gasteiger partial charge on any atom is -0.306 e. The Balaban J connectivity index is 2.24. The third-order valence-electron chi connectivity index (χ3n) is 3.89. The highest BCUT2D eigenvalue weighted by molar-refractivity contribution is 6.01. The van der Waals surface area contributed by atoms with Gasteiger partial charge < -0.3 is 4.90 Å². The number of hydrogen-bond acceptors (Lipinski definition) is 3. The summed E-state index contributed by atoms with van der Waals surface area (Å²) in [4.78, 5) is 14.0. The molecule has 0 amide bonds. The molecule has 0 saturated carbocycles. The van der Waals surface area contributed by atoms with Gasteiger partial charge in [-0.05, 0) is 45.1 Å². The van der Waals surface area contributed by atoms with Gasteiger partial charge in [-0.3, -0.25) is 9.89 Å². The molecule has 0 aliphatic heterocycles. The Morgan fingerprint density at radius 3 is 2.83 bits per heavy atom. The number of Topliss-reactive ketones (excluding diaryl/α,β-unsaturated/α-hetero) is 1. The average Bonchev–Trinajstić information content (AvgIpc) is 2.74. The predicted molar refractivity (Wildman–Crippen MR) is 71.0 cm³/mol. The number of H-pyrrole nitrogens is 1. The molecule has 2 aromatic rings. The van der Waals surface area contributed by atoms with Crippen molar-refractivity contribution in [1.82, 2.24) is 15.1 Å². The number of nitrogens with one attached hydrogen (secondary N) is 1. The lowest BCUT2D eigenvalue weighted by Crippen LogP contribution is -2.34. The van der Waals surface area contributed by atoms with E-state index in [9.17, 15) is 4.79 Å². The van der Waals surface area contributed by atoms with Crippen LogP contribution >= 0.6 is 0 Å². The van der Waals surface area contributed by atoms with E-state index in [1.807, 2.05) is 12.1 Å². The first kappa shape index (κ1) is 11.4. The largest absolute Gasteiger partial charge is 0.306 e. The number of likely N-dealkylation sites (N-methyl/N-ethyl adjacent to an activating group) is 1. The van der Waals surface area contributed by atoms with E-state index in [1.54, 1.807) is 6.92 Å². The average molecular weight is 243 g/mol. The van der Waals surface area contributed by atoms with Gasteiger partial charge in [-0.1, -0.05) is 0 Å². The van der Waals surface area contributed by atoms with Gasteiger partial charge >= 0.3 is 0 Å². The zero-order chi connectivity index (χ0) is 12.9. The summed E-state index contributed by atoms with van der Waals surface area (Å²) < 4.78 is 0. The Morgan fingerprint density at radius 1 is 1.39 bits per heavy atom. The number of hydrogen-bond donors (Lipinski definition) is 1. The number of rotatable bonds is 2. The van der Waals surface area contributed by atoms with Gasteiger partial charge in [-0.25, -0.2) is 0 Å². The summed E-state index contributed by atoms with van der Waals surface area (Å²) >= 11 is 0. The number of benzene rings is 1. The molecular formula is C14H17N3O. The molecule has 18 heavy (non-hydrogen) atoms. The van der Waals surface area contributed by atoms with Gasteiger partial charge in [0.15, 0.2) is 5.78 Å². The fraction of sp³-hybridized carbons (Fsp3) is 0.429. The van der Waals surface area contributed by atoms with Crippen LogP contribution < -0.4 is 0 Å². The molecule has 94 valence electrons. The predicted octanol–water partition coefficient (Wildman–Crippen LogP) is 1.79. The van der Waals surface area contributed by atoms with Gasteiger partial charge in [0.2, 0.25) is 0 Å². The number of aromatic amines is 1. The zero-order valence-corrected chi connectivity index (χ0v) is 10.9. The Bertz CT molecular complexity index is 627. The molecule has 0 fully saturated rings. The highest BCUT2D eigenvalue weighted by Crippen LogP contribution is 2.32. The van der Waals surface area contributed by atoms with Crippen LogP contribution in [0, 0.1) is 0 Å². The second-order valence-electron chi connectivity index (χ2n) is 5.27. The molecule has 1 aliphatic carbocycles. The van der Waals surface area contributed by atoms with Crippen molar-refractivity contribution in [1.29, 1.82) is 0 Å². The van der Waals surface area contributed by atoms with E-state index in [0.717, 1.165) is 35.2 Å². The Hall–Kier alpha value is -1.68. The van der Waals surface area contributed by atoms with Crippen LogP contribution in [-0.4, -0.2) is 41.0 Å². The van der Waals surface area contributed by atoms with Crippen LogP contribution in [0.15, 0.2) is 12.1 Å². The van der Waals surface area contributed by atoms with E-state index < -0.39 is 0 Å². The summed E-state index contributed by atoms with van der Waals surface area (Å²) in [6.07, 6.45) is 1.87. The van der Waals surface area contributed by atoms with Gasteiger partial charge in [0.05, 0.1) is 11.2 Å². The SMILES string of the molecule is CC(=O)c1ccc2[nH]nc3c2c1CC(N(C)C)C3. The van der Waals surface area contributed by atoms with Crippen molar-refractivity contribution in [3.63, 3.8) is 0 Å². The maximum Gasteiger partial charge on any atom is 0.160 e. The lowest BCUT2D eigenvalue weighted by atomic mass is 9.86. The van der Waals surface area contributed by atoms with Crippen molar-refractivity contribution >= 4 is 16.7 Å². The van der Waals surface area contributed by atoms with Gasteiger partial charge in [0.1, 0.15) is 0 Å². The number of nitrogens with zero attached hydrogens (tertiary/aromatic N) is 2. The van der Waals surface area contributed by atoms with E-state index in [1.165, 1.54) is 5.39 Å². The quantitative estimate of drug-likeness (QED) is 0.818. The van der Waals surface area contributed by atoms with Crippen molar-refractivity contribution in [3.8, 4) is 0 Å². The lowest BCUT2D eigenvalue weighted by molar-refractivity contribution is 0.101. The Kier molecular flexibility index (Phi) is 2.48. The van der Waals surface area contributed by atoms with E-state index in [2.05, 4.69) is 29.2 Å². The molecule has 0 radical (unpaired) electrons. The van der Waals surface area contributed by atoms with Crippen LogP contribution in [0.5, 0.6) is 0 Å². The minimum atomic E-state index is 0.137. The lowest BCUT2D eigenvalue weighted by Gasteiger charge is -2.28. The standard InChI is InChI=1S/C14H17N3O/c1-8(18)10-4-5-12-14-11(10)6-9(17(2)3)7-13(14)16-15-12/h4-5,9H,6-7H2,1-3H3,(H,15,16). The van der Waals surface area contributed by atoms with Crippen molar-refractivity contribution in [2.45, 2.75) is 25.8 Å².